The van der Waals surface area contributed by atoms with Gasteiger partial charge in [-0.15, -0.1) is 0 Å². The first-order valence-corrected chi connectivity index (χ1v) is 6.82. The third-order valence-electron chi connectivity index (χ3n) is 3.78. The number of rotatable bonds is 3. The molecule has 0 aromatic carbocycles. The van der Waals surface area contributed by atoms with Crippen LogP contribution in [0.2, 0.25) is 0 Å². The van der Waals surface area contributed by atoms with Crippen molar-refractivity contribution in [3.63, 3.8) is 0 Å². The van der Waals surface area contributed by atoms with Crippen molar-refractivity contribution in [3.8, 4) is 0 Å². The molecular weight excluding hydrogens is 267 g/mol. The summed E-state index contributed by atoms with van der Waals surface area (Å²) in [7, 11) is 3.81. The maximum absolute atomic E-state index is 12.8. The summed E-state index contributed by atoms with van der Waals surface area (Å²) in [4.78, 5) is 5.97. The van der Waals surface area contributed by atoms with E-state index in [-0.39, 0.29) is 18.9 Å². The summed E-state index contributed by atoms with van der Waals surface area (Å²) < 4.78 is 38.4. The molecule has 3 nitrogen and oxygen atoms in total. The molecule has 0 radical (unpaired) electrons. The third kappa shape index (κ3) is 3.55. The standard InChI is InChI=1S/C14H20F3N3/c1-20(2)13-6-7-18-9-12(13)19-11-5-3-4-10(8-11)14(15,16)17/h6-7,9-11,19H,3-5,8H2,1-2H3. The zero-order valence-electron chi connectivity index (χ0n) is 11.7. The lowest BCUT2D eigenvalue weighted by molar-refractivity contribution is -0.182. The molecule has 112 valence electrons. The lowest BCUT2D eigenvalue weighted by Crippen LogP contribution is -2.35. The second-order valence-corrected chi connectivity index (χ2v) is 5.53. The van der Waals surface area contributed by atoms with Crippen LogP contribution < -0.4 is 10.2 Å². The number of alkyl halides is 3. The molecule has 1 aliphatic rings. The highest BCUT2D eigenvalue weighted by molar-refractivity contribution is 5.68. The van der Waals surface area contributed by atoms with Gasteiger partial charge >= 0.3 is 6.18 Å². The van der Waals surface area contributed by atoms with Gasteiger partial charge in [0.2, 0.25) is 0 Å². The number of hydrogen-bond donors (Lipinski definition) is 1. The quantitative estimate of drug-likeness (QED) is 0.919. The number of aromatic nitrogens is 1. The molecule has 1 aromatic rings. The molecule has 0 amide bonds. The van der Waals surface area contributed by atoms with Gasteiger partial charge in [-0.1, -0.05) is 6.42 Å². The van der Waals surface area contributed by atoms with Crippen LogP contribution in [0.3, 0.4) is 0 Å². The fraction of sp³-hybridized carbons (Fsp3) is 0.643. The molecule has 20 heavy (non-hydrogen) atoms. The number of nitrogens with zero attached hydrogens (tertiary/aromatic N) is 2. The Kier molecular flexibility index (Phi) is 4.40. The maximum Gasteiger partial charge on any atom is 0.391 e. The molecule has 6 heteroatoms. The molecule has 1 aliphatic carbocycles. The summed E-state index contributed by atoms with van der Waals surface area (Å²) in [6.45, 7) is 0. The SMILES string of the molecule is CN(C)c1ccncc1NC1CCCC(C(F)(F)F)C1. The largest absolute Gasteiger partial charge is 0.391 e. The Labute approximate surface area is 117 Å². The lowest BCUT2D eigenvalue weighted by atomic mass is 9.85. The van der Waals surface area contributed by atoms with Gasteiger partial charge in [-0.3, -0.25) is 4.98 Å². The van der Waals surface area contributed by atoms with E-state index in [9.17, 15) is 13.2 Å². The predicted octanol–water partition coefficient (Wildman–Crippen LogP) is 3.68. The van der Waals surface area contributed by atoms with Crippen LogP contribution in [-0.2, 0) is 0 Å². The summed E-state index contributed by atoms with van der Waals surface area (Å²) in [6.07, 6.45) is 1.04. The van der Waals surface area contributed by atoms with Gasteiger partial charge < -0.3 is 10.2 Å². The molecule has 1 N–H and O–H groups in total. The molecule has 1 saturated carbocycles. The summed E-state index contributed by atoms with van der Waals surface area (Å²) >= 11 is 0. The average Bonchev–Trinajstić information content (AvgIpc) is 2.38. The van der Waals surface area contributed by atoms with Gasteiger partial charge in [-0.05, 0) is 25.3 Å². The molecule has 0 saturated heterocycles. The van der Waals surface area contributed by atoms with Crippen molar-refractivity contribution in [2.24, 2.45) is 5.92 Å². The second-order valence-electron chi connectivity index (χ2n) is 5.53. The summed E-state index contributed by atoms with van der Waals surface area (Å²) in [6, 6.07) is 1.71. The molecule has 2 unspecified atom stereocenters. The van der Waals surface area contributed by atoms with Crippen molar-refractivity contribution in [2.45, 2.75) is 37.9 Å². The number of halogens is 3. The van der Waals surface area contributed by atoms with Gasteiger partial charge in [-0.2, -0.15) is 13.2 Å². The van der Waals surface area contributed by atoms with Crippen molar-refractivity contribution in [3.05, 3.63) is 18.5 Å². The van der Waals surface area contributed by atoms with Crippen LogP contribution in [0, 0.1) is 5.92 Å². The van der Waals surface area contributed by atoms with E-state index in [4.69, 9.17) is 0 Å². The predicted molar refractivity (Wildman–Crippen MR) is 74.0 cm³/mol. The van der Waals surface area contributed by atoms with Gasteiger partial charge in [0.05, 0.1) is 23.5 Å². The van der Waals surface area contributed by atoms with E-state index in [1.165, 1.54) is 0 Å². The van der Waals surface area contributed by atoms with Crippen LogP contribution in [0.15, 0.2) is 18.5 Å². The zero-order valence-corrected chi connectivity index (χ0v) is 11.7. The van der Waals surface area contributed by atoms with Crippen LogP contribution in [0.5, 0.6) is 0 Å². The van der Waals surface area contributed by atoms with E-state index in [1.807, 2.05) is 25.1 Å². The van der Waals surface area contributed by atoms with E-state index in [0.717, 1.165) is 17.8 Å². The highest BCUT2D eigenvalue weighted by Gasteiger charge is 2.42. The van der Waals surface area contributed by atoms with Gasteiger partial charge in [0.1, 0.15) is 0 Å². The van der Waals surface area contributed by atoms with Gasteiger partial charge in [0, 0.05) is 26.3 Å². The molecule has 0 aliphatic heterocycles. The Bertz CT molecular complexity index is 446. The number of pyridine rings is 1. The highest BCUT2D eigenvalue weighted by atomic mass is 19.4. The van der Waals surface area contributed by atoms with Crippen LogP contribution in [0.4, 0.5) is 24.5 Å². The maximum atomic E-state index is 12.8. The van der Waals surface area contributed by atoms with E-state index < -0.39 is 12.1 Å². The van der Waals surface area contributed by atoms with E-state index in [0.29, 0.717) is 6.42 Å². The minimum absolute atomic E-state index is 0.140. The first kappa shape index (κ1) is 14.9. The second kappa shape index (κ2) is 5.89. The van der Waals surface area contributed by atoms with Crippen LogP contribution >= 0.6 is 0 Å². The van der Waals surface area contributed by atoms with Crippen LogP contribution in [0.1, 0.15) is 25.7 Å². The van der Waals surface area contributed by atoms with Crippen molar-refractivity contribution in [1.82, 2.24) is 4.98 Å². The van der Waals surface area contributed by atoms with Crippen molar-refractivity contribution in [2.75, 3.05) is 24.3 Å². The summed E-state index contributed by atoms with van der Waals surface area (Å²) in [5.41, 5.74) is 1.74. The monoisotopic (exact) mass is 287 g/mol. The molecule has 0 spiro atoms. The van der Waals surface area contributed by atoms with E-state index in [2.05, 4.69) is 10.3 Å². The highest BCUT2D eigenvalue weighted by Crippen LogP contribution is 2.38. The minimum atomic E-state index is -4.08. The molecular formula is C14H20F3N3. The fourth-order valence-electron chi connectivity index (χ4n) is 2.73. The Hall–Kier alpha value is -1.46. The number of hydrogen-bond acceptors (Lipinski definition) is 3. The first-order valence-electron chi connectivity index (χ1n) is 6.82. The third-order valence-corrected chi connectivity index (χ3v) is 3.78. The molecule has 1 fully saturated rings. The van der Waals surface area contributed by atoms with Crippen LogP contribution in [-0.4, -0.2) is 31.3 Å². The Morgan fingerprint density at radius 3 is 2.70 bits per heavy atom. The fourth-order valence-corrected chi connectivity index (χ4v) is 2.73. The Morgan fingerprint density at radius 1 is 1.30 bits per heavy atom. The Morgan fingerprint density at radius 2 is 2.05 bits per heavy atom. The van der Waals surface area contributed by atoms with Gasteiger partial charge in [0.25, 0.3) is 0 Å². The first-order chi connectivity index (χ1) is 9.38. The van der Waals surface area contributed by atoms with Crippen molar-refractivity contribution < 1.29 is 13.2 Å². The molecule has 2 atom stereocenters. The lowest BCUT2D eigenvalue weighted by Gasteiger charge is -2.32. The molecule has 1 aromatic heterocycles. The number of anilines is 2. The number of nitrogens with one attached hydrogen (secondary N) is 1. The zero-order chi connectivity index (χ0) is 14.8. The molecule has 1 heterocycles. The van der Waals surface area contributed by atoms with Gasteiger partial charge in [0.15, 0.2) is 0 Å². The Balaban J connectivity index is 2.07. The minimum Gasteiger partial charge on any atom is -0.379 e. The molecule has 0 bridgehead atoms. The van der Waals surface area contributed by atoms with Crippen molar-refractivity contribution >= 4 is 11.4 Å². The normalized spacial score (nSPS) is 23.4. The average molecular weight is 287 g/mol. The molecule has 2 rings (SSSR count). The van der Waals surface area contributed by atoms with E-state index >= 15 is 0 Å². The summed E-state index contributed by atoms with van der Waals surface area (Å²) in [5, 5.41) is 3.23. The van der Waals surface area contributed by atoms with Crippen LogP contribution in [0.25, 0.3) is 0 Å². The van der Waals surface area contributed by atoms with Gasteiger partial charge in [-0.25, -0.2) is 0 Å². The van der Waals surface area contributed by atoms with Crippen molar-refractivity contribution in [1.29, 1.82) is 0 Å². The topological polar surface area (TPSA) is 28.2 Å². The van der Waals surface area contributed by atoms with E-state index in [1.54, 1.807) is 12.4 Å². The summed E-state index contributed by atoms with van der Waals surface area (Å²) in [5.74, 6) is -1.19. The smallest absolute Gasteiger partial charge is 0.379 e.